The minimum Gasteiger partial charge on any atom is -0.507 e. The zero-order valence-corrected chi connectivity index (χ0v) is 23.8. The fourth-order valence-corrected chi connectivity index (χ4v) is 5.87. The van der Waals surface area contributed by atoms with Crippen LogP contribution in [0.15, 0.2) is 42.0 Å². The van der Waals surface area contributed by atoms with Crippen molar-refractivity contribution in [2.75, 3.05) is 33.0 Å². The van der Waals surface area contributed by atoms with Crippen LogP contribution in [-0.4, -0.2) is 56.1 Å². The number of phenolic OH excluding ortho intramolecular Hbond substituents is 1. The first-order valence-corrected chi connectivity index (χ1v) is 14.5. The Balaban J connectivity index is 1.64. The molecule has 1 aliphatic heterocycles. The summed E-state index contributed by atoms with van der Waals surface area (Å²) in [6, 6.07) is 8.63. The van der Waals surface area contributed by atoms with E-state index in [0.717, 1.165) is 11.1 Å². The van der Waals surface area contributed by atoms with E-state index < -0.39 is 25.6 Å². The molecule has 1 unspecified atom stereocenters. The van der Waals surface area contributed by atoms with Crippen LogP contribution in [0.25, 0.3) is 0 Å². The highest BCUT2D eigenvalue weighted by atomic mass is 31.2. The number of cyclic esters (lactones) is 1. The van der Waals surface area contributed by atoms with Crippen LogP contribution in [0, 0.1) is 6.92 Å². The van der Waals surface area contributed by atoms with Gasteiger partial charge in [0.2, 0.25) is 0 Å². The molecule has 1 heterocycles. The molecular weight excluding hydrogens is 525 g/mol. The third kappa shape index (κ3) is 7.62. The SMILES string of the molecule is CCOC(=O)[C@H](C)OP(=O)(CCNCC(C)=CCc1c(O)c2c(c(C)c1OC)COC2=O)Oc1ccccc1. The van der Waals surface area contributed by atoms with Crippen LogP contribution in [-0.2, 0) is 36.4 Å². The minimum absolute atomic E-state index is 0.0136. The molecule has 0 saturated heterocycles. The van der Waals surface area contributed by atoms with Gasteiger partial charge in [0.15, 0.2) is 6.10 Å². The maximum atomic E-state index is 13.5. The molecule has 2 aromatic rings. The van der Waals surface area contributed by atoms with Crippen LogP contribution in [0.3, 0.4) is 0 Å². The van der Waals surface area contributed by atoms with Crippen LogP contribution in [0.4, 0.5) is 0 Å². The molecule has 2 aromatic carbocycles. The molecule has 0 fully saturated rings. The number of nitrogens with one attached hydrogen (secondary N) is 1. The molecule has 1 aliphatic rings. The van der Waals surface area contributed by atoms with Crippen molar-refractivity contribution in [2.45, 2.75) is 46.8 Å². The third-order valence-electron chi connectivity index (χ3n) is 6.19. The summed E-state index contributed by atoms with van der Waals surface area (Å²) in [5.74, 6) is -0.393. The Labute approximate surface area is 228 Å². The van der Waals surface area contributed by atoms with Crippen molar-refractivity contribution < 1.29 is 42.5 Å². The molecule has 0 radical (unpaired) electrons. The average molecular weight is 562 g/mol. The molecule has 0 spiro atoms. The fraction of sp³-hybridized carbons (Fsp3) is 0.429. The number of hydrogen-bond donors (Lipinski definition) is 2. The molecule has 0 aromatic heterocycles. The van der Waals surface area contributed by atoms with E-state index in [1.165, 1.54) is 14.0 Å². The predicted octanol–water partition coefficient (Wildman–Crippen LogP) is 4.70. The number of rotatable bonds is 14. The average Bonchev–Trinajstić information content (AvgIpc) is 3.30. The fourth-order valence-electron chi connectivity index (χ4n) is 4.18. The summed E-state index contributed by atoms with van der Waals surface area (Å²) in [4.78, 5) is 24.2. The van der Waals surface area contributed by atoms with E-state index in [9.17, 15) is 19.3 Å². The highest BCUT2D eigenvalue weighted by Gasteiger charge is 2.33. The lowest BCUT2D eigenvalue weighted by Crippen LogP contribution is -2.26. The van der Waals surface area contributed by atoms with E-state index in [-0.39, 0.29) is 37.2 Å². The van der Waals surface area contributed by atoms with E-state index >= 15 is 0 Å². The van der Waals surface area contributed by atoms with Gasteiger partial charge in [-0.2, -0.15) is 0 Å². The number of esters is 2. The number of carbonyl (C=O) groups excluding carboxylic acids is 2. The van der Waals surface area contributed by atoms with Crippen LogP contribution in [0.5, 0.6) is 17.2 Å². The molecule has 0 saturated carbocycles. The van der Waals surface area contributed by atoms with Gasteiger partial charge in [0.1, 0.15) is 29.4 Å². The molecule has 11 heteroatoms. The largest absolute Gasteiger partial charge is 0.507 e. The highest BCUT2D eigenvalue weighted by Crippen LogP contribution is 2.49. The zero-order valence-electron chi connectivity index (χ0n) is 22.9. The standard InChI is InChI=1S/C28H36NO9P/c1-6-35-27(31)20(4)37-39(33,38-21-10-8-7-9-11-21)15-14-29-16-18(2)12-13-22-25(30)24-23(17-36-28(24)32)19(3)26(22)34-5/h7-12,20,29-30H,6,13-17H2,1-5H3/t20-,39?/m0/s1. The van der Waals surface area contributed by atoms with Gasteiger partial charge in [0.05, 0.1) is 19.9 Å². The number of para-hydroxylation sites is 1. The number of benzene rings is 2. The van der Waals surface area contributed by atoms with Gasteiger partial charge >= 0.3 is 19.5 Å². The van der Waals surface area contributed by atoms with Crippen molar-refractivity contribution in [1.29, 1.82) is 0 Å². The lowest BCUT2D eigenvalue weighted by molar-refractivity contribution is -0.150. The van der Waals surface area contributed by atoms with Crippen molar-refractivity contribution in [1.82, 2.24) is 5.32 Å². The van der Waals surface area contributed by atoms with E-state index in [1.807, 2.05) is 26.0 Å². The number of ether oxygens (including phenoxy) is 3. The summed E-state index contributed by atoms with van der Waals surface area (Å²) in [5, 5.41) is 14.0. The zero-order chi connectivity index (χ0) is 28.6. The summed E-state index contributed by atoms with van der Waals surface area (Å²) in [7, 11) is -2.19. The summed E-state index contributed by atoms with van der Waals surface area (Å²) < 4.78 is 40.4. The van der Waals surface area contributed by atoms with Gasteiger partial charge in [-0.25, -0.2) is 14.2 Å². The predicted molar refractivity (Wildman–Crippen MR) is 146 cm³/mol. The van der Waals surface area contributed by atoms with Gasteiger partial charge in [0.25, 0.3) is 0 Å². The van der Waals surface area contributed by atoms with Crippen molar-refractivity contribution in [3.8, 4) is 17.2 Å². The van der Waals surface area contributed by atoms with Gasteiger partial charge in [-0.05, 0) is 51.8 Å². The monoisotopic (exact) mass is 561 g/mol. The molecule has 0 bridgehead atoms. The molecule has 0 aliphatic carbocycles. The summed E-state index contributed by atoms with van der Waals surface area (Å²) in [6.07, 6.45) is 1.20. The second kappa shape index (κ2) is 13.6. The smallest absolute Gasteiger partial charge is 0.381 e. The first-order valence-electron chi connectivity index (χ1n) is 12.7. The van der Waals surface area contributed by atoms with Crippen LogP contribution in [0.1, 0.15) is 47.8 Å². The first-order chi connectivity index (χ1) is 18.6. The van der Waals surface area contributed by atoms with Gasteiger partial charge in [-0.1, -0.05) is 29.8 Å². The summed E-state index contributed by atoms with van der Waals surface area (Å²) in [5.41, 5.74) is 3.05. The number of hydrogen-bond acceptors (Lipinski definition) is 10. The second-order valence-electron chi connectivity index (χ2n) is 9.09. The van der Waals surface area contributed by atoms with E-state index in [4.69, 9.17) is 23.3 Å². The number of methoxy groups -OCH3 is 1. The van der Waals surface area contributed by atoms with Crippen molar-refractivity contribution >= 4 is 19.5 Å². The first kappa shape index (κ1) is 30.2. The second-order valence-corrected chi connectivity index (χ2v) is 11.1. The molecule has 2 atom stereocenters. The normalized spacial score (nSPS) is 15.2. The number of phenols is 1. The summed E-state index contributed by atoms with van der Waals surface area (Å²) in [6.45, 7) is 7.93. The number of aromatic hydroxyl groups is 1. The topological polar surface area (TPSA) is 130 Å². The molecule has 10 nitrogen and oxygen atoms in total. The molecule has 212 valence electrons. The number of fused-ring (bicyclic) bond motifs is 1. The van der Waals surface area contributed by atoms with Gasteiger partial charge in [-0.3, -0.25) is 4.52 Å². The Morgan fingerprint density at radius 2 is 2.00 bits per heavy atom. The Kier molecular flexibility index (Phi) is 10.6. The Hall–Kier alpha value is -3.33. The van der Waals surface area contributed by atoms with Gasteiger partial charge < -0.3 is 29.2 Å². The Morgan fingerprint density at radius 1 is 1.28 bits per heavy atom. The van der Waals surface area contributed by atoms with E-state index in [1.54, 1.807) is 31.2 Å². The van der Waals surface area contributed by atoms with Crippen LogP contribution >= 0.6 is 7.60 Å². The van der Waals surface area contributed by atoms with Gasteiger partial charge in [0, 0.05) is 24.2 Å². The molecule has 3 rings (SSSR count). The third-order valence-corrected chi connectivity index (χ3v) is 8.09. The lowest BCUT2D eigenvalue weighted by atomic mass is 9.95. The molecule has 39 heavy (non-hydrogen) atoms. The summed E-state index contributed by atoms with van der Waals surface area (Å²) >= 11 is 0. The number of allylic oxidation sites excluding steroid dienone is 1. The lowest BCUT2D eigenvalue weighted by Gasteiger charge is -2.22. The van der Waals surface area contributed by atoms with Crippen molar-refractivity contribution in [3.63, 3.8) is 0 Å². The maximum absolute atomic E-state index is 13.5. The molecule has 2 N–H and O–H groups in total. The Bertz CT molecular complexity index is 1260. The molecular formula is C28H36NO9P. The maximum Gasteiger partial charge on any atom is 0.381 e. The van der Waals surface area contributed by atoms with Crippen LogP contribution in [0.2, 0.25) is 0 Å². The highest BCUT2D eigenvalue weighted by molar-refractivity contribution is 7.54. The van der Waals surface area contributed by atoms with E-state index in [0.29, 0.717) is 35.6 Å². The van der Waals surface area contributed by atoms with Crippen molar-refractivity contribution in [3.05, 3.63) is 64.2 Å². The van der Waals surface area contributed by atoms with Crippen LogP contribution < -0.4 is 14.6 Å². The quantitative estimate of drug-likeness (QED) is 0.145. The number of carbonyl (C=O) groups is 2. The Morgan fingerprint density at radius 3 is 2.67 bits per heavy atom. The van der Waals surface area contributed by atoms with E-state index in [2.05, 4.69) is 5.32 Å². The van der Waals surface area contributed by atoms with Crippen molar-refractivity contribution in [2.24, 2.45) is 0 Å². The van der Waals surface area contributed by atoms with Gasteiger partial charge in [-0.15, -0.1) is 0 Å². The minimum atomic E-state index is -3.71. The molecule has 0 amide bonds.